The van der Waals surface area contributed by atoms with Crippen molar-refractivity contribution < 1.29 is 14.3 Å². The van der Waals surface area contributed by atoms with Crippen LogP contribution in [0.4, 0.5) is 0 Å². The highest BCUT2D eigenvalue weighted by Gasteiger charge is 2.30. The van der Waals surface area contributed by atoms with Gasteiger partial charge in [-0.3, -0.25) is 9.59 Å². The van der Waals surface area contributed by atoms with Crippen molar-refractivity contribution in [2.24, 2.45) is 0 Å². The smallest absolute Gasteiger partial charge is 0.261 e. The van der Waals surface area contributed by atoms with E-state index < -0.39 is 6.04 Å². The van der Waals surface area contributed by atoms with Crippen molar-refractivity contribution in [3.05, 3.63) is 101 Å². The predicted molar refractivity (Wildman–Crippen MR) is 140 cm³/mol. The molecular formula is C30H36N2O3. The number of hydrogen-bond acceptors (Lipinski definition) is 3. The standard InChI is InChI=1S/C30H36N2O3/c1-5-17-31-30(34)27(19-25-9-7-6-8-10-25)32(20-26-14-11-22(2)12-15-26)29(33)21-35-28-16-13-23(3)18-24(28)4/h6-16,18,27H,5,17,19-21H2,1-4H3,(H,31,34). The number of carbonyl (C=O) groups excluding carboxylic acids is 2. The largest absolute Gasteiger partial charge is 0.483 e. The lowest BCUT2D eigenvalue weighted by Crippen LogP contribution is -2.51. The van der Waals surface area contributed by atoms with E-state index in [0.717, 1.165) is 34.2 Å². The van der Waals surface area contributed by atoms with Gasteiger partial charge in [-0.15, -0.1) is 0 Å². The van der Waals surface area contributed by atoms with Crippen LogP contribution < -0.4 is 10.1 Å². The molecule has 2 amide bonds. The molecular weight excluding hydrogens is 436 g/mol. The normalized spacial score (nSPS) is 11.5. The van der Waals surface area contributed by atoms with Gasteiger partial charge in [0, 0.05) is 19.5 Å². The number of amides is 2. The first kappa shape index (κ1) is 26.0. The Morgan fingerprint density at radius 2 is 1.57 bits per heavy atom. The molecule has 3 aromatic rings. The number of nitrogens with zero attached hydrogens (tertiary/aromatic N) is 1. The van der Waals surface area contributed by atoms with Crippen LogP contribution in [-0.2, 0) is 22.6 Å². The van der Waals surface area contributed by atoms with Crippen LogP contribution in [0.3, 0.4) is 0 Å². The molecule has 0 aliphatic heterocycles. The molecule has 0 heterocycles. The van der Waals surface area contributed by atoms with Crippen LogP contribution in [0.25, 0.3) is 0 Å². The number of rotatable bonds is 11. The number of hydrogen-bond donors (Lipinski definition) is 1. The second-order valence-corrected chi connectivity index (χ2v) is 9.06. The molecule has 184 valence electrons. The van der Waals surface area contributed by atoms with E-state index in [1.807, 2.05) is 100 Å². The van der Waals surface area contributed by atoms with E-state index in [1.165, 1.54) is 0 Å². The van der Waals surface area contributed by atoms with Crippen LogP contribution in [0.5, 0.6) is 5.75 Å². The molecule has 0 bridgehead atoms. The van der Waals surface area contributed by atoms with Gasteiger partial charge in [-0.2, -0.15) is 0 Å². The molecule has 0 saturated heterocycles. The molecule has 5 heteroatoms. The van der Waals surface area contributed by atoms with Gasteiger partial charge < -0.3 is 15.0 Å². The first-order valence-electron chi connectivity index (χ1n) is 12.2. The van der Waals surface area contributed by atoms with Gasteiger partial charge in [0.1, 0.15) is 11.8 Å². The molecule has 0 aliphatic carbocycles. The van der Waals surface area contributed by atoms with Gasteiger partial charge in [0.2, 0.25) is 5.91 Å². The highest BCUT2D eigenvalue weighted by atomic mass is 16.5. The minimum absolute atomic E-state index is 0.137. The predicted octanol–water partition coefficient (Wildman–Crippen LogP) is 5.16. The Balaban J connectivity index is 1.89. The van der Waals surface area contributed by atoms with E-state index in [-0.39, 0.29) is 18.4 Å². The van der Waals surface area contributed by atoms with Crippen molar-refractivity contribution in [1.82, 2.24) is 10.2 Å². The number of nitrogens with one attached hydrogen (secondary N) is 1. The maximum absolute atomic E-state index is 13.6. The van der Waals surface area contributed by atoms with E-state index in [4.69, 9.17) is 4.74 Å². The van der Waals surface area contributed by atoms with Gasteiger partial charge >= 0.3 is 0 Å². The van der Waals surface area contributed by atoms with Crippen molar-refractivity contribution in [1.29, 1.82) is 0 Å². The third-order valence-electron chi connectivity index (χ3n) is 5.98. The van der Waals surface area contributed by atoms with E-state index in [2.05, 4.69) is 5.32 Å². The summed E-state index contributed by atoms with van der Waals surface area (Å²) >= 11 is 0. The molecule has 5 nitrogen and oxygen atoms in total. The Kier molecular flexibility index (Phi) is 9.47. The minimum atomic E-state index is -0.652. The summed E-state index contributed by atoms with van der Waals surface area (Å²) in [5.41, 5.74) is 5.23. The number of benzene rings is 3. The zero-order valence-corrected chi connectivity index (χ0v) is 21.2. The monoisotopic (exact) mass is 472 g/mol. The molecule has 1 unspecified atom stereocenters. The van der Waals surface area contributed by atoms with Gasteiger partial charge in [-0.1, -0.05) is 84.8 Å². The zero-order chi connectivity index (χ0) is 25.2. The van der Waals surface area contributed by atoms with Crippen LogP contribution in [-0.4, -0.2) is 35.9 Å². The highest BCUT2D eigenvalue weighted by molar-refractivity contribution is 5.88. The van der Waals surface area contributed by atoms with Crippen molar-refractivity contribution in [3.63, 3.8) is 0 Å². The molecule has 0 aliphatic rings. The van der Waals surface area contributed by atoms with Gasteiger partial charge in [-0.25, -0.2) is 0 Å². The molecule has 0 saturated carbocycles. The fourth-order valence-corrected chi connectivity index (χ4v) is 3.99. The van der Waals surface area contributed by atoms with Gasteiger partial charge in [-0.05, 0) is 49.9 Å². The van der Waals surface area contributed by atoms with Crippen LogP contribution >= 0.6 is 0 Å². The number of carbonyl (C=O) groups is 2. The SMILES string of the molecule is CCCNC(=O)C(Cc1ccccc1)N(Cc1ccc(C)cc1)C(=O)COc1ccc(C)cc1C. The molecule has 0 radical (unpaired) electrons. The molecule has 3 rings (SSSR count). The Morgan fingerprint density at radius 3 is 2.23 bits per heavy atom. The Morgan fingerprint density at radius 1 is 0.886 bits per heavy atom. The van der Waals surface area contributed by atoms with Crippen molar-refractivity contribution in [2.75, 3.05) is 13.2 Å². The highest BCUT2D eigenvalue weighted by Crippen LogP contribution is 2.20. The summed E-state index contributed by atoms with van der Waals surface area (Å²) in [6.45, 7) is 8.78. The number of ether oxygens (including phenoxy) is 1. The first-order valence-corrected chi connectivity index (χ1v) is 12.2. The lowest BCUT2D eigenvalue weighted by atomic mass is 10.0. The first-order chi connectivity index (χ1) is 16.9. The summed E-state index contributed by atoms with van der Waals surface area (Å²) in [7, 11) is 0. The summed E-state index contributed by atoms with van der Waals surface area (Å²) in [5, 5.41) is 3.00. The third-order valence-corrected chi connectivity index (χ3v) is 5.98. The molecule has 35 heavy (non-hydrogen) atoms. The molecule has 3 aromatic carbocycles. The van der Waals surface area contributed by atoms with E-state index in [9.17, 15) is 9.59 Å². The van der Waals surface area contributed by atoms with Gasteiger partial charge in [0.25, 0.3) is 5.91 Å². The summed E-state index contributed by atoms with van der Waals surface area (Å²) in [6, 6.07) is 23.1. The van der Waals surface area contributed by atoms with Crippen LogP contribution in [0.1, 0.15) is 41.2 Å². The molecule has 1 atom stereocenters. The second-order valence-electron chi connectivity index (χ2n) is 9.06. The fourth-order valence-electron chi connectivity index (χ4n) is 3.99. The zero-order valence-electron chi connectivity index (χ0n) is 21.2. The maximum Gasteiger partial charge on any atom is 0.261 e. The maximum atomic E-state index is 13.6. The quantitative estimate of drug-likeness (QED) is 0.420. The molecule has 1 N–H and O–H groups in total. The summed E-state index contributed by atoms with van der Waals surface area (Å²) < 4.78 is 5.93. The summed E-state index contributed by atoms with van der Waals surface area (Å²) in [4.78, 5) is 28.6. The van der Waals surface area contributed by atoms with Crippen molar-refractivity contribution >= 4 is 11.8 Å². The lowest BCUT2D eigenvalue weighted by Gasteiger charge is -2.31. The lowest BCUT2D eigenvalue weighted by molar-refractivity contribution is -0.142. The van der Waals surface area contributed by atoms with Crippen LogP contribution in [0, 0.1) is 20.8 Å². The number of aryl methyl sites for hydroxylation is 3. The Bertz CT molecular complexity index is 1110. The summed E-state index contributed by atoms with van der Waals surface area (Å²) in [6.07, 6.45) is 1.25. The molecule has 0 spiro atoms. The third kappa shape index (κ3) is 7.71. The van der Waals surface area contributed by atoms with Gasteiger partial charge in [0.15, 0.2) is 6.61 Å². The van der Waals surface area contributed by atoms with E-state index >= 15 is 0 Å². The van der Waals surface area contributed by atoms with Crippen LogP contribution in [0.15, 0.2) is 72.8 Å². The fraction of sp³-hybridized carbons (Fsp3) is 0.333. The Hall–Kier alpha value is -3.60. The average Bonchev–Trinajstić information content (AvgIpc) is 2.85. The van der Waals surface area contributed by atoms with Crippen LogP contribution in [0.2, 0.25) is 0 Å². The van der Waals surface area contributed by atoms with E-state index in [0.29, 0.717) is 25.3 Å². The second kappa shape index (κ2) is 12.7. The van der Waals surface area contributed by atoms with E-state index in [1.54, 1.807) is 4.90 Å². The van der Waals surface area contributed by atoms with Gasteiger partial charge in [0.05, 0.1) is 0 Å². The van der Waals surface area contributed by atoms with Crippen molar-refractivity contribution in [2.45, 2.75) is 53.1 Å². The minimum Gasteiger partial charge on any atom is -0.483 e. The topological polar surface area (TPSA) is 58.6 Å². The average molecular weight is 473 g/mol. The van der Waals surface area contributed by atoms with Crippen molar-refractivity contribution in [3.8, 4) is 5.75 Å². The Labute approximate surface area is 209 Å². The molecule has 0 fully saturated rings. The summed E-state index contributed by atoms with van der Waals surface area (Å²) in [5.74, 6) is 0.301. The molecule has 0 aromatic heterocycles.